The fraction of sp³-hybridized carbons (Fsp3) is 0.226. The zero-order chi connectivity index (χ0) is 76.0. The lowest BCUT2D eigenvalue weighted by Gasteiger charge is -2.47. The molecule has 3 saturated heterocycles. The van der Waals surface area contributed by atoms with Crippen molar-refractivity contribution in [2.45, 2.75) is 92.1 Å². The first-order valence-electron chi connectivity index (χ1n) is 34.6. The summed E-state index contributed by atoms with van der Waals surface area (Å²) in [6.07, 6.45) is -27.0. The van der Waals surface area contributed by atoms with Crippen molar-refractivity contribution >= 4 is 53.7 Å². The van der Waals surface area contributed by atoms with Crippen molar-refractivity contribution < 1.29 is 119 Å². The number of carbonyl (C=O) groups excluding carboxylic acids is 9. The molecule has 9 aromatic carbocycles. The summed E-state index contributed by atoms with van der Waals surface area (Å²) >= 11 is 0. The fourth-order valence-corrected chi connectivity index (χ4v) is 12.1. The van der Waals surface area contributed by atoms with Gasteiger partial charge < -0.3 is 76.2 Å². The van der Waals surface area contributed by atoms with Crippen LogP contribution in [-0.2, 0) is 71.1 Å². The average molecular weight is 1480 g/mol. The third kappa shape index (κ3) is 19.5. The van der Waals surface area contributed by atoms with Gasteiger partial charge in [-0.15, -0.1) is 6.58 Å². The first-order chi connectivity index (χ1) is 53.2. The highest BCUT2D eigenvalue weighted by Crippen LogP contribution is 2.38. The lowest BCUT2D eigenvalue weighted by Crippen LogP contribution is -2.66. The van der Waals surface area contributed by atoms with Crippen molar-refractivity contribution in [2.75, 3.05) is 26.4 Å². The molecule has 1 N–H and O–H groups in total. The second-order valence-corrected chi connectivity index (χ2v) is 24.7. The van der Waals surface area contributed by atoms with E-state index < -0.39 is 166 Å². The summed E-state index contributed by atoms with van der Waals surface area (Å²) in [6, 6.07) is 68.7. The molecule has 0 radical (unpaired) electrons. The van der Waals surface area contributed by atoms with Gasteiger partial charge in [0.05, 0.1) is 76.5 Å². The maximum atomic E-state index is 15.0. The van der Waals surface area contributed by atoms with Crippen molar-refractivity contribution in [2.24, 2.45) is 0 Å². The Bertz CT molecular complexity index is 4530. The molecule has 109 heavy (non-hydrogen) atoms. The van der Waals surface area contributed by atoms with Crippen LogP contribution in [0.4, 0.5) is 0 Å². The molecule has 3 heterocycles. The number of aliphatic hydroxyl groups excluding tert-OH is 1. The molecule has 0 bridgehead atoms. The van der Waals surface area contributed by atoms with Crippen LogP contribution < -0.4 is 0 Å². The monoisotopic (exact) mass is 1480 g/mol. The smallest absolute Gasteiger partial charge is 0.338 e. The number of aliphatic hydroxyl groups is 1. The number of hydrogen-bond acceptors (Lipinski definition) is 25. The summed E-state index contributed by atoms with van der Waals surface area (Å²) in [7, 11) is 0. The van der Waals surface area contributed by atoms with Crippen LogP contribution in [0.2, 0.25) is 0 Å². The first-order valence-corrected chi connectivity index (χ1v) is 34.6. The van der Waals surface area contributed by atoms with E-state index in [0.29, 0.717) is 0 Å². The van der Waals surface area contributed by atoms with E-state index in [4.69, 9.17) is 71.1 Å². The lowest BCUT2D eigenvalue weighted by atomic mass is 9.96. The Morgan fingerprint density at radius 2 is 0.431 bits per heavy atom. The van der Waals surface area contributed by atoms with Crippen molar-refractivity contribution in [3.8, 4) is 0 Å². The summed E-state index contributed by atoms with van der Waals surface area (Å²) in [5.74, 6) is -9.19. The Kier molecular flexibility index (Phi) is 26.1. The molecule has 9 aromatic rings. The second-order valence-electron chi connectivity index (χ2n) is 24.7. The van der Waals surface area contributed by atoms with Crippen molar-refractivity contribution in [1.82, 2.24) is 0 Å². The van der Waals surface area contributed by atoms with E-state index in [1.54, 1.807) is 164 Å². The van der Waals surface area contributed by atoms with Crippen LogP contribution in [0.25, 0.3) is 0 Å². The molecule has 0 aromatic heterocycles. The third-order valence-corrected chi connectivity index (χ3v) is 17.5. The number of hydrogen-bond donors (Lipinski definition) is 1. The molecule has 25 heteroatoms. The topological polar surface area (TPSA) is 312 Å². The zero-order valence-electron chi connectivity index (χ0n) is 58.0. The van der Waals surface area contributed by atoms with E-state index in [-0.39, 0.29) is 56.7 Å². The van der Waals surface area contributed by atoms with Crippen LogP contribution in [0.1, 0.15) is 93.2 Å². The molecule has 558 valence electrons. The van der Waals surface area contributed by atoms with E-state index in [1.807, 2.05) is 0 Å². The molecule has 3 aliphatic rings. The third-order valence-electron chi connectivity index (χ3n) is 17.5. The van der Waals surface area contributed by atoms with E-state index in [9.17, 15) is 48.3 Å². The predicted molar refractivity (Wildman–Crippen MR) is 382 cm³/mol. The van der Waals surface area contributed by atoms with Crippen LogP contribution in [0, 0.1) is 0 Å². The Morgan fingerprint density at radius 1 is 0.257 bits per heavy atom. The van der Waals surface area contributed by atoms with Gasteiger partial charge in [-0.25, -0.2) is 43.2 Å². The lowest BCUT2D eigenvalue weighted by molar-refractivity contribution is -0.339. The minimum atomic E-state index is -2.10. The van der Waals surface area contributed by atoms with Crippen LogP contribution in [-0.4, -0.2) is 177 Å². The normalized spacial score (nSPS) is 23.5. The van der Waals surface area contributed by atoms with Crippen LogP contribution >= 0.6 is 0 Å². The average Bonchev–Trinajstić information content (AvgIpc) is 0.775. The van der Waals surface area contributed by atoms with Gasteiger partial charge in [0.1, 0.15) is 18.3 Å². The molecule has 3 fully saturated rings. The Hall–Kier alpha value is -12.3. The zero-order valence-corrected chi connectivity index (χ0v) is 58.0. The summed E-state index contributed by atoms with van der Waals surface area (Å²) in [5, 5.41) is 11.3. The van der Waals surface area contributed by atoms with Gasteiger partial charge in [0.2, 0.25) is 0 Å². The largest absolute Gasteiger partial charge is 0.452 e. The van der Waals surface area contributed by atoms with Gasteiger partial charge in [-0.3, -0.25) is 0 Å². The maximum Gasteiger partial charge on any atom is 0.338 e. The van der Waals surface area contributed by atoms with Crippen LogP contribution in [0.15, 0.2) is 286 Å². The van der Waals surface area contributed by atoms with Gasteiger partial charge in [-0.05, 0) is 109 Å². The van der Waals surface area contributed by atoms with E-state index in [0.717, 1.165) is 0 Å². The van der Waals surface area contributed by atoms with Crippen molar-refractivity contribution in [1.29, 1.82) is 0 Å². The minimum absolute atomic E-state index is 0.00241. The molecule has 0 aliphatic carbocycles. The van der Waals surface area contributed by atoms with Gasteiger partial charge in [-0.1, -0.05) is 170 Å². The number of esters is 9. The summed E-state index contributed by atoms with van der Waals surface area (Å²) in [6.45, 7) is 0.695. The summed E-state index contributed by atoms with van der Waals surface area (Å²) in [5.41, 5.74) is -0.109. The standard InChI is InChI=1S/C84H72O25/c1-2-48-95-82-70(107-79(92)58-42-24-9-25-43-58)68(105-77(90)56-38-20-7-21-39-56)65(102-74(87)53-32-14-4-15-33-53)62(99-82)50-97-84-72(109-81(94)60-46-28-11-29-47-60)69(106-78(91)57-40-22-8-23-41-57)66(103-75(88)54-34-16-5-17-35-54)63(100-84)51-96-83-71(108-80(93)59-44-26-10-27-45-59)67(104-76(89)55-36-18-6-19-37-55)64(61(49-85)98-83)101-73(86)52-30-12-3-13-31-52/h2-47,61-72,82-85H,1,48-51H2/t61-,62-,63-,64-,65-,66-,67+,68+,69+,70-,71-,72-,82?,83-,84-/m1/s1. The molecule has 25 nitrogen and oxygen atoms in total. The van der Waals surface area contributed by atoms with Crippen molar-refractivity contribution in [3.05, 3.63) is 336 Å². The van der Waals surface area contributed by atoms with E-state index in [1.165, 1.54) is 115 Å². The second kappa shape index (κ2) is 37.3. The van der Waals surface area contributed by atoms with Crippen molar-refractivity contribution in [3.63, 3.8) is 0 Å². The molecule has 0 spiro atoms. The highest BCUT2D eigenvalue weighted by Gasteiger charge is 2.59. The van der Waals surface area contributed by atoms with Gasteiger partial charge in [0.25, 0.3) is 0 Å². The number of rotatable bonds is 28. The number of benzene rings is 9. The molecule has 0 amide bonds. The summed E-state index contributed by atoms with van der Waals surface area (Å²) < 4.78 is 96.6. The molecule has 1 unspecified atom stereocenters. The quantitative estimate of drug-likeness (QED) is 0.0270. The van der Waals surface area contributed by atoms with E-state index in [2.05, 4.69) is 6.58 Å². The maximum absolute atomic E-state index is 15.0. The molecular formula is C84H72O25. The molecule has 12 rings (SSSR count). The van der Waals surface area contributed by atoms with E-state index >= 15 is 0 Å². The van der Waals surface area contributed by atoms with Gasteiger partial charge in [-0.2, -0.15) is 0 Å². The first kappa shape index (κ1) is 76.3. The van der Waals surface area contributed by atoms with Gasteiger partial charge in [0, 0.05) is 0 Å². The Morgan fingerprint density at radius 3 is 0.633 bits per heavy atom. The predicted octanol–water partition coefficient (Wildman–Crippen LogP) is 10.4. The Labute approximate surface area is 624 Å². The number of carbonyl (C=O) groups is 9. The minimum Gasteiger partial charge on any atom is -0.452 e. The van der Waals surface area contributed by atoms with Gasteiger partial charge in [0.15, 0.2) is 73.8 Å². The Balaban J connectivity index is 0.984. The number of ether oxygens (including phenoxy) is 15. The molecule has 3 aliphatic heterocycles. The summed E-state index contributed by atoms with van der Waals surface area (Å²) in [4.78, 5) is 131. The highest BCUT2D eigenvalue weighted by atomic mass is 16.8. The highest BCUT2D eigenvalue weighted by molar-refractivity contribution is 5.94. The molecule has 0 saturated carbocycles. The van der Waals surface area contributed by atoms with Crippen LogP contribution in [0.5, 0.6) is 0 Å². The molecular weight excluding hydrogens is 1410 g/mol. The SMILES string of the molecule is C=CCOC1O[C@H](CO[C@@H]2O[C@H](CO[C@@H]3O[C@H](CO)[C@@H](OC(=O)c4ccccc4)[C@H](OC(=O)c4ccccc4)[C@H]3OC(=O)c3ccccc3)[C@@H](OC(=O)c3ccccc3)[C@H](OC(=O)c3ccccc3)[C@H]2OC(=O)c2ccccc2)[C@@H](OC(=O)c2ccccc2)[C@H](OC(=O)c2ccccc2)[C@H]1OC(=O)c1ccccc1. The van der Waals surface area contributed by atoms with Gasteiger partial charge >= 0.3 is 53.7 Å². The van der Waals surface area contributed by atoms with Crippen LogP contribution in [0.3, 0.4) is 0 Å². The molecule has 15 atom stereocenters. The fourth-order valence-electron chi connectivity index (χ4n) is 12.1.